The smallest absolute Gasteiger partial charge is 0.267 e. The van der Waals surface area contributed by atoms with Gasteiger partial charge in [-0.15, -0.1) is 0 Å². The van der Waals surface area contributed by atoms with Crippen molar-refractivity contribution in [3.63, 3.8) is 0 Å². The molecule has 1 aromatic rings. The molecule has 1 amide bonds. The molecule has 9 heteroatoms. The van der Waals surface area contributed by atoms with Crippen LogP contribution in [-0.4, -0.2) is 39.6 Å². The maximum atomic E-state index is 11.8. The normalized spacial score (nSPS) is 16.9. The average Bonchev–Trinajstić information content (AvgIpc) is 3.25. The first-order valence-electron chi connectivity index (χ1n) is 13.0. The number of carbonyl (C=O) groups is 1. The van der Waals surface area contributed by atoms with Gasteiger partial charge >= 0.3 is 0 Å². The lowest BCUT2D eigenvalue weighted by Crippen LogP contribution is -2.50. The monoisotopic (exact) mass is 490 g/mol. The fraction of sp³-hybridized carbons (Fsp3) is 0.692. The minimum Gasteiger partial charge on any atom is -0.496 e. The third-order valence-electron chi connectivity index (χ3n) is 6.51. The highest BCUT2D eigenvalue weighted by molar-refractivity contribution is 6.06. The number of quaternary nitrogens is 1. The number of methoxy groups -OCH3 is 3. The molecule has 0 spiro atoms. The number of primary amides is 1. The van der Waals surface area contributed by atoms with Crippen LogP contribution in [0.4, 0.5) is 5.69 Å². The van der Waals surface area contributed by atoms with Crippen LogP contribution in [0.25, 0.3) is 0 Å². The molecule has 0 aromatic heterocycles. The fourth-order valence-electron chi connectivity index (χ4n) is 4.58. The van der Waals surface area contributed by atoms with Crippen LogP contribution in [-0.2, 0) is 4.79 Å². The molecule has 2 N–H and O–H groups in total. The van der Waals surface area contributed by atoms with Crippen molar-refractivity contribution < 1.29 is 19.0 Å². The standard InChI is InChI=1S/C26H43N5O4/c1-5-6-7-8-9-10-11-12-13-14-15-16-17-31(25(20-24(27)32)28-29-30-31)26-22(34-3)18-21(33-2)19-23(26)35-4/h18-19H,5-17,20H2,1-4H3,(H-,27,32)/p+1. The van der Waals surface area contributed by atoms with Gasteiger partial charge in [0.2, 0.25) is 5.91 Å². The zero-order valence-electron chi connectivity index (χ0n) is 22.1. The highest BCUT2D eigenvalue weighted by atomic mass is 16.5. The Morgan fingerprint density at radius 1 is 0.829 bits per heavy atom. The lowest BCUT2D eigenvalue weighted by atomic mass is 10.0. The number of amidine groups is 1. The Hall–Kier alpha value is -2.68. The second-order valence-corrected chi connectivity index (χ2v) is 9.10. The van der Waals surface area contributed by atoms with Gasteiger partial charge in [0.25, 0.3) is 11.5 Å². The van der Waals surface area contributed by atoms with Crippen LogP contribution in [0, 0.1) is 0 Å². The summed E-state index contributed by atoms with van der Waals surface area (Å²) in [4.78, 5) is 11.8. The summed E-state index contributed by atoms with van der Waals surface area (Å²) >= 11 is 0. The Morgan fingerprint density at radius 3 is 1.80 bits per heavy atom. The minimum absolute atomic E-state index is 0.0520. The van der Waals surface area contributed by atoms with E-state index < -0.39 is 5.91 Å². The van der Waals surface area contributed by atoms with Crippen LogP contribution in [0.15, 0.2) is 27.7 Å². The lowest BCUT2D eigenvalue weighted by Gasteiger charge is -2.29. The average molecular weight is 491 g/mol. The van der Waals surface area contributed by atoms with Crippen LogP contribution in [0.2, 0.25) is 0 Å². The number of nitrogens with zero attached hydrogens (tertiary/aromatic N) is 4. The maximum absolute atomic E-state index is 11.8. The van der Waals surface area contributed by atoms with Crippen LogP contribution in [0.5, 0.6) is 17.2 Å². The number of hydrogen-bond acceptors (Lipinski definition) is 7. The summed E-state index contributed by atoms with van der Waals surface area (Å²) in [6.07, 6.45) is 15.0. The Kier molecular flexibility index (Phi) is 12.5. The summed E-state index contributed by atoms with van der Waals surface area (Å²) < 4.78 is 16.7. The second kappa shape index (κ2) is 15.3. The van der Waals surface area contributed by atoms with E-state index in [0.717, 1.165) is 19.3 Å². The lowest BCUT2D eigenvalue weighted by molar-refractivity contribution is -0.117. The molecule has 35 heavy (non-hydrogen) atoms. The van der Waals surface area contributed by atoms with E-state index in [1.54, 1.807) is 33.5 Å². The van der Waals surface area contributed by atoms with Crippen LogP contribution >= 0.6 is 0 Å². The number of amides is 1. The van der Waals surface area contributed by atoms with E-state index in [0.29, 0.717) is 35.3 Å². The molecule has 0 radical (unpaired) electrons. The molecule has 0 fully saturated rings. The van der Waals surface area contributed by atoms with Crippen molar-refractivity contribution in [3.8, 4) is 17.2 Å². The van der Waals surface area contributed by atoms with Crippen LogP contribution in [0.1, 0.15) is 90.4 Å². The molecule has 196 valence electrons. The van der Waals surface area contributed by atoms with Gasteiger partial charge in [0.15, 0.2) is 11.5 Å². The fourth-order valence-corrected chi connectivity index (χ4v) is 4.58. The number of rotatable bonds is 19. The first-order chi connectivity index (χ1) is 17.0. The largest absolute Gasteiger partial charge is 0.496 e. The molecule has 0 aliphatic carbocycles. The summed E-state index contributed by atoms with van der Waals surface area (Å²) in [7, 11) is 4.74. The van der Waals surface area contributed by atoms with Gasteiger partial charge in [-0.05, 0) is 12.8 Å². The van der Waals surface area contributed by atoms with Crippen molar-refractivity contribution in [2.75, 3.05) is 27.9 Å². The third kappa shape index (κ3) is 8.19. The van der Waals surface area contributed by atoms with Crippen LogP contribution < -0.4 is 24.5 Å². The maximum Gasteiger partial charge on any atom is 0.267 e. The zero-order valence-corrected chi connectivity index (χ0v) is 22.1. The number of unbranched alkanes of at least 4 members (excludes halogenated alkanes) is 11. The van der Waals surface area contributed by atoms with Gasteiger partial charge in [0.1, 0.15) is 18.7 Å². The molecule has 1 aliphatic heterocycles. The van der Waals surface area contributed by atoms with E-state index in [1.165, 1.54) is 57.8 Å². The minimum atomic E-state index is -0.486. The van der Waals surface area contributed by atoms with E-state index in [2.05, 4.69) is 22.5 Å². The molecule has 0 saturated heterocycles. The molecule has 0 bridgehead atoms. The van der Waals surface area contributed by atoms with Gasteiger partial charge in [0.05, 0.1) is 26.6 Å². The zero-order chi connectivity index (χ0) is 25.5. The highest BCUT2D eigenvalue weighted by Gasteiger charge is 2.47. The number of benzene rings is 1. The van der Waals surface area contributed by atoms with E-state index in [9.17, 15) is 4.79 Å². The summed E-state index contributed by atoms with van der Waals surface area (Å²) in [6.45, 7) is 2.83. The molecule has 1 aromatic carbocycles. The summed E-state index contributed by atoms with van der Waals surface area (Å²) in [5.74, 6) is 1.62. The Morgan fingerprint density at radius 2 is 1.34 bits per heavy atom. The van der Waals surface area contributed by atoms with Crippen molar-refractivity contribution in [2.24, 2.45) is 21.3 Å². The van der Waals surface area contributed by atoms with Gasteiger partial charge in [-0.3, -0.25) is 4.79 Å². The summed E-state index contributed by atoms with van der Waals surface area (Å²) in [5, 5.41) is 12.6. The number of nitrogens with two attached hydrogens (primary N) is 1. The van der Waals surface area contributed by atoms with Crippen molar-refractivity contribution in [2.45, 2.75) is 90.4 Å². The van der Waals surface area contributed by atoms with Crippen molar-refractivity contribution in [3.05, 3.63) is 12.1 Å². The molecule has 9 nitrogen and oxygen atoms in total. The predicted molar refractivity (Wildman–Crippen MR) is 140 cm³/mol. The first-order valence-corrected chi connectivity index (χ1v) is 13.0. The van der Waals surface area contributed by atoms with E-state index >= 15 is 0 Å². The molecule has 1 heterocycles. The van der Waals surface area contributed by atoms with Crippen molar-refractivity contribution in [1.82, 2.24) is 4.59 Å². The van der Waals surface area contributed by atoms with Gasteiger partial charge in [-0.25, -0.2) is 0 Å². The molecule has 1 unspecified atom stereocenters. The third-order valence-corrected chi connectivity index (χ3v) is 6.51. The molecule has 1 atom stereocenters. The topological polar surface area (TPSA) is 108 Å². The molecule has 2 rings (SSSR count). The number of ether oxygens (including phenoxy) is 3. The van der Waals surface area contributed by atoms with Gasteiger partial charge in [0, 0.05) is 17.4 Å². The second-order valence-electron chi connectivity index (χ2n) is 9.10. The predicted octanol–water partition coefficient (Wildman–Crippen LogP) is 6.29. The van der Waals surface area contributed by atoms with E-state index in [-0.39, 0.29) is 11.0 Å². The number of carbonyl (C=O) groups excluding carboxylic acids is 1. The van der Waals surface area contributed by atoms with Crippen molar-refractivity contribution >= 4 is 17.4 Å². The van der Waals surface area contributed by atoms with Gasteiger partial charge < -0.3 is 19.9 Å². The van der Waals surface area contributed by atoms with Gasteiger partial charge in [-0.1, -0.05) is 80.8 Å². The quantitative estimate of drug-likeness (QED) is 0.181. The Balaban J connectivity index is 2.03. The molecular weight excluding hydrogens is 446 g/mol. The first kappa shape index (κ1) is 28.6. The summed E-state index contributed by atoms with van der Waals surface area (Å²) in [5.41, 5.74) is 6.17. The van der Waals surface area contributed by atoms with E-state index in [1.807, 2.05) is 0 Å². The number of hydrogen-bond donors (Lipinski definition) is 1. The van der Waals surface area contributed by atoms with Crippen molar-refractivity contribution in [1.29, 1.82) is 0 Å². The molecular formula is C26H44N5O4+. The molecule has 0 saturated carbocycles. The SMILES string of the molecule is CCCCCCCCCCCCCC[N+]1(c2c(OC)cc(OC)cc2OC)N=NN=C1CC(N)=O. The Bertz CT molecular complexity index is 833. The van der Waals surface area contributed by atoms with Gasteiger partial charge in [-0.2, -0.15) is 0 Å². The van der Waals surface area contributed by atoms with Crippen LogP contribution in [0.3, 0.4) is 0 Å². The molecule has 1 aliphatic rings. The Labute approximate surface area is 210 Å². The summed E-state index contributed by atoms with van der Waals surface area (Å²) in [6, 6.07) is 3.55. The highest BCUT2D eigenvalue weighted by Crippen LogP contribution is 2.47. The van der Waals surface area contributed by atoms with E-state index in [4.69, 9.17) is 19.9 Å².